The average molecular weight is 357 g/mol. The van der Waals surface area contributed by atoms with Crippen LogP contribution in [0.5, 0.6) is 11.5 Å². The summed E-state index contributed by atoms with van der Waals surface area (Å²) in [6, 6.07) is 14.7. The van der Waals surface area contributed by atoms with Gasteiger partial charge < -0.3 is 19.5 Å². The van der Waals surface area contributed by atoms with Gasteiger partial charge >= 0.3 is 5.97 Å². The number of ether oxygens (including phenoxy) is 3. The zero-order valence-corrected chi connectivity index (χ0v) is 15.2. The van der Waals surface area contributed by atoms with Crippen LogP contribution in [-0.4, -0.2) is 39.2 Å². The highest BCUT2D eigenvalue weighted by Crippen LogP contribution is 2.31. The van der Waals surface area contributed by atoms with Crippen LogP contribution in [0.2, 0.25) is 0 Å². The van der Waals surface area contributed by atoms with Crippen LogP contribution in [0.25, 0.3) is 0 Å². The van der Waals surface area contributed by atoms with E-state index in [2.05, 4.69) is 5.32 Å². The van der Waals surface area contributed by atoms with E-state index in [1.54, 1.807) is 18.2 Å². The van der Waals surface area contributed by atoms with Gasteiger partial charge in [-0.05, 0) is 23.6 Å². The SMILES string of the molecule is COc1cccc(C(=O)OCC(=O)NC[C@@H](C)c2ccccc2)c1OC. The summed E-state index contributed by atoms with van der Waals surface area (Å²) in [5.41, 5.74) is 1.34. The van der Waals surface area contributed by atoms with Crippen molar-refractivity contribution in [2.45, 2.75) is 12.8 Å². The Morgan fingerprint density at radius 3 is 2.38 bits per heavy atom. The number of hydrogen-bond donors (Lipinski definition) is 1. The van der Waals surface area contributed by atoms with E-state index in [1.165, 1.54) is 14.2 Å². The molecule has 0 unspecified atom stereocenters. The van der Waals surface area contributed by atoms with Crippen LogP contribution < -0.4 is 14.8 Å². The van der Waals surface area contributed by atoms with Crippen LogP contribution in [0.15, 0.2) is 48.5 Å². The molecule has 0 saturated carbocycles. The molecule has 1 amide bonds. The Morgan fingerprint density at radius 2 is 1.73 bits per heavy atom. The van der Waals surface area contributed by atoms with Gasteiger partial charge in [-0.25, -0.2) is 4.79 Å². The molecule has 2 aromatic rings. The molecule has 0 saturated heterocycles. The maximum absolute atomic E-state index is 12.2. The first-order valence-electron chi connectivity index (χ1n) is 8.26. The molecule has 2 aromatic carbocycles. The first kappa shape index (κ1) is 19.3. The second-order valence-corrected chi connectivity index (χ2v) is 5.73. The molecule has 0 fully saturated rings. The van der Waals surface area contributed by atoms with Crippen LogP contribution in [0.1, 0.15) is 28.8 Å². The minimum absolute atomic E-state index is 0.161. The van der Waals surface area contributed by atoms with Gasteiger partial charge in [-0.3, -0.25) is 4.79 Å². The van der Waals surface area contributed by atoms with E-state index in [0.29, 0.717) is 12.3 Å². The van der Waals surface area contributed by atoms with Crippen molar-refractivity contribution in [3.63, 3.8) is 0 Å². The van der Waals surface area contributed by atoms with Crippen LogP contribution in [0.3, 0.4) is 0 Å². The lowest BCUT2D eigenvalue weighted by molar-refractivity contribution is -0.124. The zero-order valence-electron chi connectivity index (χ0n) is 15.2. The molecule has 1 atom stereocenters. The first-order valence-corrected chi connectivity index (χ1v) is 8.26. The van der Waals surface area contributed by atoms with Gasteiger partial charge in [-0.15, -0.1) is 0 Å². The topological polar surface area (TPSA) is 73.9 Å². The summed E-state index contributed by atoms with van der Waals surface area (Å²) >= 11 is 0. The highest BCUT2D eigenvalue weighted by molar-refractivity contribution is 5.94. The predicted molar refractivity (Wildman–Crippen MR) is 97.7 cm³/mol. The summed E-state index contributed by atoms with van der Waals surface area (Å²) in [5, 5.41) is 2.77. The van der Waals surface area contributed by atoms with Gasteiger partial charge in [0, 0.05) is 6.54 Å². The largest absolute Gasteiger partial charge is 0.493 e. The van der Waals surface area contributed by atoms with E-state index in [-0.39, 0.29) is 29.7 Å². The normalized spacial score (nSPS) is 11.3. The molecule has 2 rings (SSSR count). The third-order valence-electron chi connectivity index (χ3n) is 3.93. The van der Waals surface area contributed by atoms with Crippen molar-refractivity contribution in [3.8, 4) is 11.5 Å². The van der Waals surface area contributed by atoms with Crippen LogP contribution in [0, 0.1) is 0 Å². The molecule has 0 aliphatic heterocycles. The third kappa shape index (κ3) is 4.99. The molecule has 0 heterocycles. The Kier molecular flexibility index (Phi) is 7.02. The fraction of sp³-hybridized carbons (Fsp3) is 0.300. The average Bonchev–Trinajstić information content (AvgIpc) is 2.69. The summed E-state index contributed by atoms with van der Waals surface area (Å²) in [6.45, 7) is 2.12. The second-order valence-electron chi connectivity index (χ2n) is 5.73. The van der Waals surface area contributed by atoms with Crippen molar-refractivity contribution in [1.82, 2.24) is 5.32 Å². The molecule has 0 spiro atoms. The fourth-order valence-corrected chi connectivity index (χ4v) is 2.47. The lowest BCUT2D eigenvalue weighted by atomic mass is 10.0. The van der Waals surface area contributed by atoms with E-state index >= 15 is 0 Å². The summed E-state index contributed by atoms with van der Waals surface area (Å²) < 4.78 is 15.4. The number of benzene rings is 2. The fourth-order valence-electron chi connectivity index (χ4n) is 2.47. The molecular formula is C20H23NO5. The zero-order chi connectivity index (χ0) is 18.9. The van der Waals surface area contributed by atoms with E-state index < -0.39 is 5.97 Å². The molecule has 138 valence electrons. The minimum atomic E-state index is -0.646. The quantitative estimate of drug-likeness (QED) is 0.736. The Morgan fingerprint density at radius 1 is 1.00 bits per heavy atom. The minimum Gasteiger partial charge on any atom is -0.493 e. The van der Waals surface area contributed by atoms with Crippen molar-refractivity contribution in [3.05, 3.63) is 59.7 Å². The number of nitrogens with one attached hydrogen (secondary N) is 1. The molecule has 0 aromatic heterocycles. The van der Waals surface area contributed by atoms with Crippen molar-refractivity contribution >= 4 is 11.9 Å². The molecule has 0 bridgehead atoms. The number of rotatable bonds is 8. The van der Waals surface area contributed by atoms with Gasteiger partial charge in [-0.2, -0.15) is 0 Å². The Balaban J connectivity index is 1.86. The molecule has 1 N–H and O–H groups in total. The number of para-hydroxylation sites is 1. The van der Waals surface area contributed by atoms with Gasteiger partial charge in [0.2, 0.25) is 0 Å². The predicted octanol–water partition coefficient (Wildman–Crippen LogP) is 2.78. The summed E-state index contributed by atoms with van der Waals surface area (Å²) in [6.07, 6.45) is 0. The van der Waals surface area contributed by atoms with E-state index in [0.717, 1.165) is 5.56 Å². The van der Waals surface area contributed by atoms with Gasteiger partial charge in [0.1, 0.15) is 5.56 Å². The van der Waals surface area contributed by atoms with Crippen molar-refractivity contribution < 1.29 is 23.8 Å². The van der Waals surface area contributed by atoms with E-state index in [9.17, 15) is 9.59 Å². The molecule has 0 aliphatic carbocycles. The smallest absolute Gasteiger partial charge is 0.342 e. The Hall–Kier alpha value is -3.02. The number of carbonyl (C=O) groups is 2. The first-order chi connectivity index (χ1) is 12.6. The third-order valence-corrected chi connectivity index (χ3v) is 3.93. The Labute approximate surface area is 153 Å². The van der Waals surface area contributed by atoms with Gasteiger partial charge in [0.15, 0.2) is 18.1 Å². The molecule has 6 nitrogen and oxygen atoms in total. The van der Waals surface area contributed by atoms with Gasteiger partial charge in [0.25, 0.3) is 5.91 Å². The maximum atomic E-state index is 12.2. The summed E-state index contributed by atoms with van der Waals surface area (Å²) in [5.74, 6) is -0.148. The summed E-state index contributed by atoms with van der Waals surface area (Å²) in [4.78, 5) is 24.2. The van der Waals surface area contributed by atoms with Crippen LogP contribution in [-0.2, 0) is 9.53 Å². The van der Waals surface area contributed by atoms with Crippen molar-refractivity contribution in [2.75, 3.05) is 27.4 Å². The Bertz CT molecular complexity index is 745. The van der Waals surface area contributed by atoms with Crippen molar-refractivity contribution in [2.24, 2.45) is 0 Å². The molecular weight excluding hydrogens is 334 g/mol. The lowest BCUT2D eigenvalue weighted by Crippen LogP contribution is -2.31. The lowest BCUT2D eigenvalue weighted by Gasteiger charge is -2.14. The second kappa shape index (κ2) is 9.46. The van der Waals surface area contributed by atoms with E-state index in [4.69, 9.17) is 14.2 Å². The number of esters is 1. The highest BCUT2D eigenvalue weighted by atomic mass is 16.5. The molecule has 0 aliphatic rings. The highest BCUT2D eigenvalue weighted by Gasteiger charge is 2.18. The van der Waals surface area contributed by atoms with Crippen LogP contribution in [0.4, 0.5) is 0 Å². The van der Waals surface area contributed by atoms with Crippen molar-refractivity contribution in [1.29, 1.82) is 0 Å². The monoisotopic (exact) mass is 357 g/mol. The number of amides is 1. The number of carbonyl (C=O) groups excluding carboxylic acids is 2. The molecule has 0 radical (unpaired) electrons. The standard InChI is InChI=1S/C20H23NO5/c1-14(15-8-5-4-6-9-15)12-21-18(22)13-26-20(23)16-10-7-11-17(24-2)19(16)25-3/h4-11,14H,12-13H2,1-3H3,(H,21,22)/t14-/m1/s1. The van der Waals surface area contributed by atoms with E-state index in [1.807, 2.05) is 37.3 Å². The molecule has 26 heavy (non-hydrogen) atoms. The number of hydrogen-bond acceptors (Lipinski definition) is 5. The van der Waals surface area contributed by atoms with Crippen LogP contribution >= 0.6 is 0 Å². The van der Waals surface area contributed by atoms with Gasteiger partial charge in [-0.1, -0.05) is 43.3 Å². The summed E-state index contributed by atoms with van der Waals surface area (Å²) in [7, 11) is 2.92. The molecule has 6 heteroatoms. The number of methoxy groups -OCH3 is 2. The maximum Gasteiger partial charge on any atom is 0.342 e. The van der Waals surface area contributed by atoms with Gasteiger partial charge in [0.05, 0.1) is 14.2 Å².